The Hall–Kier alpha value is -2.22. The predicted octanol–water partition coefficient (Wildman–Crippen LogP) is 2.51. The molecule has 0 spiro atoms. The smallest absolute Gasteiger partial charge is 0.226 e. The van der Waals surface area contributed by atoms with Crippen molar-refractivity contribution in [1.29, 1.82) is 0 Å². The summed E-state index contributed by atoms with van der Waals surface area (Å²) >= 11 is 0. The van der Waals surface area contributed by atoms with Crippen molar-refractivity contribution in [3.8, 4) is 0 Å². The Morgan fingerprint density at radius 3 is 2.72 bits per heavy atom. The van der Waals surface area contributed by atoms with E-state index in [-0.39, 0.29) is 41.6 Å². The number of halogens is 1. The number of rotatable bonds is 5. The third kappa shape index (κ3) is 4.25. The monoisotopic (exact) mass is 365 g/mol. The number of amides is 1. The average Bonchev–Trinajstić information content (AvgIpc) is 3.13. The summed E-state index contributed by atoms with van der Waals surface area (Å²) in [5, 5.41) is 6.96. The number of carbonyl (C=O) groups is 1. The first-order chi connectivity index (χ1) is 11.8. The Kier molecular flexibility index (Phi) is 4.89. The molecule has 1 amide bonds. The van der Waals surface area contributed by atoms with Crippen LogP contribution in [0.1, 0.15) is 37.3 Å². The van der Waals surface area contributed by atoms with Gasteiger partial charge in [-0.2, -0.15) is 5.10 Å². The van der Waals surface area contributed by atoms with Gasteiger partial charge in [-0.05, 0) is 30.0 Å². The second-order valence-electron chi connectivity index (χ2n) is 6.42. The van der Waals surface area contributed by atoms with Crippen LogP contribution in [-0.2, 0) is 14.6 Å². The topological polar surface area (TPSA) is 81.1 Å². The van der Waals surface area contributed by atoms with Gasteiger partial charge < -0.3 is 5.32 Å². The van der Waals surface area contributed by atoms with Crippen LogP contribution in [0.2, 0.25) is 0 Å². The zero-order valence-corrected chi connectivity index (χ0v) is 14.7. The Morgan fingerprint density at radius 2 is 2.08 bits per heavy atom. The van der Waals surface area contributed by atoms with Crippen LogP contribution in [0.4, 0.5) is 10.2 Å². The number of hydrogen-bond acceptors (Lipinski definition) is 4. The summed E-state index contributed by atoms with van der Waals surface area (Å²) in [6, 6.07) is 7.50. The molecule has 1 aliphatic rings. The van der Waals surface area contributed by atoms with E-state index in [2.05, 4.69) is 10.4 Å². The molecule has 2 heterocycles. The Morgan fingerprint density at radius 1 is 1.36 bits per heavy atom. The van der Waals surface area contributed by atoms with Crippen LogP contribution in [-0.4, -0.2) is 35.6 Å². The third-order valence-electron chi connectivity index (χ3n) is 4.42. The molecule has 8 heteroatoms. The number of hydrogen-bond donors (Lipinski definition) is 1. The van der Waals surface area contributed by atoms with E-state index in [1.807, 2.05) is 6.92 Å². The van der Waals surface area contributed by atoms with Crippen LogP contribution in [0.25, 0.3) is 0 Å². The molecule has 1 N–H and O–H groups in total. The molecule has 1 aromatic heterocycles. The highest BCUT2D eigenvalue weighted by Gasteiger charge is 2.31. The van der Waals surface area contributed by atoms with Crippen molar-refractivity contribution in [3.05, 3.63) is 47.9 Å². The van der Waals surface area contributed by atoms with E-state index in [1.165, 1.54) is 12.1 Å². The first-order valence-corrected chi connectivity index (χ1v) is 9.95. The highest BCUT2D eigenvalue weighted by Crippen LogP contribution is 2.26. The second kappa shape index (κ2) is 6.95. The van der Waals surface area contributed by atoms with Crippen LogP contribution in [0, 0.1) is 5.82 Å². The van der Waals surface area contributed by atoms with E-state index in [4.69, 9.17) is 0 Å². The fourth-order valence-electron chi connectivity index (χ4n) is 3.05. The van der Waals surface area contributed by atoms with Gasteiger partial charge >= 0.3 is 0 Å². The van der Waals surface area contributed by atoms with E-state index >= 15 is 0 Å². The number of anilines is 1. The SMILES string of the molecule is C[C@@H](CC(=O)Nc1ccnn1[C@H]1CCS(=O)(=O)C1)c1ccc(F)cc1. The fourth-order valence-corrected chi connectivity index (χ4v) is 4.75. The highest BCUT2D eigenvalue weighted by atomic mass is 32.2. The number of aromatic nitrogens is 2. The fraction of sp³-hybridized carbons (Fsp3) is 0.412. The molecule has 0 saturated carbocycles. The molecule has 1 saturated heterocycles. The lowest BCUT2D eigenvalue weighted by molar-refractivity contribution is -0.116. The zero-order chi connectivity index (χ0) is 18.0. The van der Waals surface area contributed by atoms with Crippen LogP contribution in [0.3, 0.4) is 0 Å². The van der Waals surface area contributed by atoms with E-state index < -0.39 is 9.84 Å². The summed E-state index contributed by atoms with van der Waals surface area (Å²) in [4.78, 5) is 12.3. The van der Waals surface area contributed by atoms with Gasteiger partial charge in [0.2, 0.25) is 5.91 Å². The van der Waals surface area contributed by atoms with Crippen LogP contribution in [0.5, 0.6) is 0 Å². The molecule has 2 atom stereocenters. The maximum Gasteiger partial charge on any atom is 0.226 e. The number of carbonyl (C=O) groups excluding carboxylic acids is 1. The molecule has 0 aliphatic carbocycles. The van der Waals surface area contributed by atoms with Crippen LogP contribution < -0.4 is 5.32 Å². The average molecular weight is 365 g/mol. The Balaban J connectivity index is 1.64. The van der Waals surface area contributed by atoms with Gasteiger partial charge in [-0.15, -0.1) is 0 Å². The summed E-state index contributed by atoms with van der Waals surface area (Å²) in [7, 11) is -3.03. The maximum absolute atomic E-state index is 13.0. The summed E-state index contributed by atoms with van der Waals surface area (Å²) < 4.78 is 37.8. The van der Waals surface area contributed by atoms with Crippen molar-refractivity contribution < 1.29 is 17.6 Å². The molecule has 2 aromatic rings. The molecule has 1 aliphatic heterocycles. The van der Waals surface area contributed by atoms with Crippen molar-refractivity contribution in [1.82, 2.24) is 9.78 Å². The molecule has 3 rings (SSSR count). The first-order valence-electron chi connectivity index (χ1n) is 8.13. The standard InChI is InChI=1S/C17H20FN3O3S/c1-12(13-2-4-14(18)5-3-13)10-17(22)20-16-6-8-19-21(16)15-7-9-25(23,24)11-15/h2-6,8,12,15H,7,9-11H2,1H3,(H,20,22)/t12-,15-/m0/s1. The third-order valence-corrected chi connectivity index (χ3v) is 6.17. The summed E-state index contributed by atoms with van der Waals surface area (Å²) in [6.07, 6.45) is 2.28. The normalized spacial score (nSPS) is 20.3. The van der Waals surface area contributed by atoms with Crippen LogP contribution >= 0.6 is 0 Å². The molecule has 25 heavy (non-hydrogen) atoms. The Bertz CT molecular complexity index is 862. The van der Waals surface area contributed by atoms with Gasteiger partial charge in [0.05, 0.1) is 23.7 Å². The van der Waals surface area contributed by atoms with Crippen molar-refractivity contribution in [2.45, 2.75) is 31.7 Å². The van der Waals surface area contributed by atoms with E-state index in [1.54, 1.807) is 29.1 Å². The van der Waals surface area contributed by atoms with E-state index in [0.717, 1.165) is 5.56 Å². The molecule has 6 nitrogen and oxygen atoms in total. The van der Waals surface area contributed by atoms with Crippen molar-refractivity contribution >= 4 is 21.6 Å². The lowest BCUT2D eigenvalue weighted by Gasteiger charge is -2.15. The second-order valence-corrected chi connectivity index (χ2v) is 8.65. The van der Waals surface area contributed by atoms with Gasteiger partial charge in [0.15, 0.2) is 9.84 Å². The van der Waals surface area contributed by atoms with Crippen molar-refractivity contribution in [2.75, 3.05) is 16.8 Å². The number of nitrogens with one attached hydrogen (secondary N) is 1. The molecule has 0 unspecified atom stereocenters. The quantitative estimate of drug-likeness (QED) is 0.883. The molecule has 0 radical (unpaired) electrons. The summed E-state index contributed by atoms with van der Waals surface area (Å²) in [5.74, 6) is 0.119. The molecular weight excluding hydrogens is 345 g/mol. The van der Waals surface area contributed by atoms with Crippen molar-refractivity contribution in [3.63, 3.8) is 0 Å². The highest BCUT2D eigenvalue weighted by molar-refractivity contribution is 7.91. The van der Waals surface area contributed by atoms with Gasteiger partial charge in [0, 0.05) is 12.5 Å². The molecule has 0 bridgehead atoms. The number of nitrogens with zero attached hydrogens (tertiary/aromatic N) is 2. The Labute approximate surface area is 146 Å². The lowest BCUT2D eigenvalue weighted by atomic mass is 9.97. The van der Waals surface area contributed by atoms with Gasteiger partial charge in [-0.25, -0.2) is 17.5 Å². The zero-order valence-electron chi connectivity index (χ0n) is 13.9. The number of benzene rings is 1. The summed E-state index contributed by atoms with van der Waals surface area (Å²) in [6.45, 7) is 1.90. The maximum atomic E-state index is 13.0. The van der Waals surface area contributed by atoms with E-state index in [9.17, 15) is 17.6 Å². The molecule has 1 fully saturated rings. The summed E-state index contributed by atoms with van der Waals surface area (Å²) in [5.41, 5.74) is 0.881. The predicted molar refractivity (Wildman–Crippen MR) is 92.6 cm³/mol. The minimum Gasteiger partial charge on any atom is -0.311 e. The molecular formula is C17H20FN3O3S. The first kappa shape index (κ1) is 17.6. The lowest BCUT2D eigenvalue weighted by Crippen LogP contribution is -2.20. The van der Waals surface area contributed by atoms with Crippen LogP contribution in [0.15, 0.2) is 36.5 Å². The number of sulfone groups is 1. The van der Waals surface area contributed by atoms with Gasteiger partial charge in [-0.3, -0.25) is 4.79 Å². The molecule has 134 valence electrons. The van der Waals surface area contributed by atoms with Gasteiger partial charge in [0.25, 0.3) is 0 Å². The van der Waals surface area contributed by atoms with E-state index in [0.29, 0.717) is 12.2 Å². The van der Waals surface area contributed by atoms with Crippen molar-refractivity contribution in [2.24, 2.45) is 0 Å². The van der Waals surface area contributed by atoms with Gasteiger partial charge in [-0.1, -0.05) is 19.1 Å². The largest absolute Gasteiger partial charge is 0.311 e. The minimum absolute atomic E-state index is 0.0452. The molecule has 1 aromatic carbocycles. The minimum atomic E-state index is -3.03. The van der Waals surface area contributed by atoms with Gasteiger partial charge in [0.1, 0.15) is 11.6 Å².